The molecule has 126 valence electrons. The molecule has 2 atom stereocenters. The molecule has 1 fully saturated rings. The van der Waals surface area contributed by atoms with Gasteiger partial charge in [-0.05, 0) is 51.7 Å². The molecule has 0 saturated carbocycles. The largest absolute Gasteiger partial charge is 0.373 e. The molecule has 2 aliphatic heterocycles. The summed E-state index contributed by atoms with van der Waals surface area (Å²) in [4.78, 5) is 0.368. The van der Waals surface area contributed by atoms with E-state index in [0.717, 1.165) is 37.9 Å². The fourth-order valence-corrected chi connectivity index (χ4v) is 5.32. The van der Waals surface area contributed by atoms with E-state index in [4.69, 9.17) is 4.74 Å². The first kappa shape index (κ1) is 16.7. The quantitative estimate of drug-likeness (QED) is 0.779. The zero-order valence-corrected chi connectivity index (χ0v) is 14.7. The Labute approximate surface area is 139 Å². The number of benzene rings is 1. The van der Waals surface area contributed by atoms with Gasteiger partial charge in [0.2, 0.25) is 10.0 Å². The molecule has 1 saturated heterocycles. The van der Waals surface area contributed by atoms with Gasteiger partial charge in [-0.1, -0.05) is 29.8 Å². The van der Waals surface area contributed by atoms with Crippen LogP contribution in [0.2, 0.25) is 0 Å². The van der Waals surface area contributed by atoms with Crippen LogP contribution in [0.1, 0.15) is 38.2 Å². The second-order valence-electron chi connectivity index (χ2n) is 6.59. The molecular weight excluding hydrogens is 310 g/mol. The third-order valence-corrected chi connectivity index (χ3v) is 7.09. The van der Waals surface area contributed by atoms with Crippen molar-refractivity contribution in [2.24, 2.45) is 0 Å². The summed E-state index contributed by atoms with van der Waals surface area (Å²) in [6, 6.07) is 6.94. The molecule has 0 aliphatic carbocycles. The van der Waals surface area contributed by atoms with E-state index in [1.807, 2.05) is 26.0 Å². The summed E-state index contributed by atoms with van der Waals surface area (Å²) in [7, 11) is -3.51. The molecule has 0 aromatic heterocycles. The van der Waals surface area contributed by atoms with E-state index in [1.165, 1.54) is 0 Å². The minimum absolute atomic E-state index is 0.166. The summed E-state index contributed by atoms with van der Waals surface area (Å²) in [6.45, 7) is 5.17. The number of aryl methyl sites for hydroxylation is 1. The minimum atomic E-state index is -3.51. The Hall–Kier alpha value is -1.17. The summed E-state index contributed by atoms with van der Waals surface area (Å²) >= 11 is 0. The van der Waals surface area contributed by atoms with Crippen LogP contribution in [0.4, 0.5) is 0 Å². The highest BCUT2D eigenvalue weighted by Gasteiger charge is 2.46. The smallest absolute Gasteiger partial charge is 0.243 e. The highest BCUT2D eigenvalue weighted by atomic mass is 32.2. The first-order chi connectivity index (χ1) is 11.0. The van der Waals surface area contributed by atoms with Crippen LogP contribution in [-0.4, -0.2) is 37.5 Å². The van der Waals surface area contributed by atoms with E-state index in [2.05, 4.69) is 12.2 Å². The molecule has 23 heavy (non-hydrogen) atoms. The highest BCUT2D eigenvalue weighted by molar-refractivity contribution is 7.89. The third kappa shape index (κ3) is 3.10. The molecule has 1 aromatic carbocycles. The van der Waals surface area contributed by atoms with Crippen LogP contribution in [0, 0.1) is 6.92 Å². The van der Waals surface area contributed by atoms with E-state index >= 15 is 0 Å². The first-order valence-corrected chi connectivity index (χ1v) is 9.77. The predicted molar refractivity (Wildman–Crippen MR) is 90.8 cm³/mol. The van der Waals surface area contributed by atoms with E-state index in [0.29, 0.717) is 11.4 Å². The van der Waals surface area contributed by atoms with Gasteiger partial charge in [-0.15, -0.1) is 0 Å². The molecule has 0 N–H and O–H groups in total. The monoisotopic (exact) mass is 335 g/mol. The fourth-order valence-electron chi connectivity index (χ4n) is 3.61. The fraction of sp³-hybridized carbons (Fsp3) is 0.556. The van der Waals surface area contributed by atoms with Crippen molar-refractivity contribution in [2.45, 2.75) is 56.1 Å². The molecule has 2 aliphatic rings. The Kier molecular flexibility index (Phi) is 4.63. The molecular formula is C18H25NO3S. The standard InChI is InChI=1S/C18H25NO3S/c1-15-7-9-17(10-8-15)23(20,21)19-13-5-3-4-11-18(16(19)2)12-6-14-22-18/h3-4,7-10,16H,5-6,11-14H2,1-2H3/b4-3-/t16-,18+/m0/s1. The predicted octanol–water partition coefficient (Wildman–Crippen LogP) is 3.27. The van der Waals surface area contributed by atoms with Crippen LogP contribution in [0.3, 0.4) is 0 Å². The van der Waals surface area contributed by atoms with Crippen LogP contribution in [0.25, 0.3) is 0 Å². The third-order valence-electron chi connectivity index (χ3n) is 5.10. The molecule has 2 heterocycles. The molecule has 0 radical (unpaired) electrons. The summed E-state index contributed by atoms with van der Waals surface area (Å²) in [5.74, 6) is 0. The van der Waals surface area contributed by atoms with Crippen LogP contribution < -0.4 is 0 Å². The normalized spacial score (nSPS) is 31.0. The zero-order chi connectivity index (χ0) is 16.5. The van der Waals surface area contributed by atoms with Crippen LogP contribution in [-0.2, 0) is 14.8 Å². The molecule has 1 spiro atoms. The van der Waals surface area contributed by atoms with Gasteiger partial charge in [0, 0.05) is 13.2 Å². The van der Waals surface area contributed by atoms with E-state index in [1.54, 1.807) is 16.4 Å². The summed E-state index contributed by atoms with van der Waals surface area (Å²) in [5.41, 5.74) is 0.678. The average Bonchev–Trinajstić information content (AvgIpc) is 2.99. The maximum atomic E-state index is 13.2. The summed E-state index contributed by atoms with van der Waals surface area (Å²) < 4.78 is 34.0. The Morgan fingerprint density at radius 2 is 1.96 bits per heavy atom. The van der Waals surface area contributed by atoms with Crippen molar-refractivity contribution < 1.29 is 13.2 Å². The van der Waals surface area contributed by atoms with Crippen molar-refractivity contribution in [3.05, 3.63) is 42.0 Å². The highest BCUT2D eigenvalue weighted by Crippen LogP contribution is 2.38. The second kappa shape index (κ2) is 6.38. The van der Waals surface area contributed by atoms with Crippen molar-refractivity contribution in [3.8, 4) is 0 Å². The Balaban J connectivity index is 1.98. The Morgan fingerprint density at radius 3 is 2.61 bits per heavy atom. The molecule has 0 bridgehead atoms. The molecule has 5 heteroatoms. The van der Waals surface area contributed by atoms with E-state index < -0.39 is 10.0 Å². The lowest BCUT2D eigenvalue weighted by atomic mass is 9.87. The first-order valence-electron chi connectivity index (χ1n) is 8.33. The van der Waals surface area contributed by atoms with Crippen molar-refractivity contribution in [1.82, 2.24) is 4.31 Å². The Bertz CT molecular complexity index is 673. The van der Waals surface area contributed by atoms with Gasteiger partial charge in [-0.2, -0.15) is 4.31 Å². The van der Waals surface area contributed by atoms with E-state index in [-0.39, 0.29) is 11.6 Å². The van der Waals surface area contributed by atoms with Crippen LogP contribution in [0.15, 0.2) is 41.3 Å². The van der Waals surface area contributed by atoms with E-state index in [9.17, 15) is 8.42 Å². The van der Waals surface area contributed by atoms with Crippen molar-refractivity contribution in [3.63, 3.8) is 0 Å². The van der Waals surface area contributed by atoms with Crippen LogP contribution in [0.5, 0.6) is 0 Å². The van der Waals surface area contributed by atoms with Gasteiger partial charge in [0.1, 0.15) is 0 Å². The number of rotatable bonds is 2. The number of sulfonamides is 1. The van der Waals surface area contributed by atoms with Crippen LogP contribution >= 0.6 is 0 Å². The van der Waals surface area contributed by atoms with Gasteiger partial charge in [-0.3, -0.25) is 0 Å². The van der Waals surface area contributed by atoms with Gasteiger partial charge in [0.25, 0.3) is 0 Å². The van der Waals surface area contributed by atoms with Gasteiger partial charge in [-0.25, -0.2) is 8.42 Å². The lowest BCUT2D eigenvalue weighted by Crippen LogP contribution is -2.53. The topological polar surface area (TPSA) is 46.6 Å². The molecule has 1 aromatic rings. The maximum absolute atomic E-state index is 13.2. The second-order valence-corrected chi connectivity index (χ2v) is 8.48. The molecule has 0 unspecified atom stereocenters. The lowest BCUT2D eigenvalue weighted by molar-refractivity contribution is -0.0403. The summed E-state index contributed by atoms with van der Waals surface area (Å²) in [5, 5.41) is 0. The lowest BCUT2D eigenvalue weighted by Gasteiger charge is -2.41. The van der Waals surface area contributed by atoms with Gasteiger partial charge in [0.15, 0.2) is 0 Å². The van der Waals surface area contributed by atoms with Gasteiger partial charge in [0.05, 0.1) is 16.5 Å². The van der Waals surface area contributed by atoms with Crippen molar-refractivity contribution >= 4 is 10.0 Å². The minimum Gasteiger partial charge on any atom is -0.373 e. The maximum Gasteiger partial charge on any atom is 0.243 e. The van der Waals surface area contributed by atoms with Crippen molar-refractivity contribution in [2.75, 3.05) is 13.2 Å². The van der Waals surface area contributed by atoms with Gasteiger partial charge < -0.3 is 4.74 Å². The number of hydrogen-bond donors (Lipinski definition) is 0. The zero-order valence-electron chi connectivity index (χ0n) is 13.9. The number of hydrogen-bond acceptors (Lipinski definition) is 3. The molecule has 3 rings (SSSR count). The Morgan fingerprint density at radius 1 is 1.22 bits per heavy atom. The molecule has 4 nitrogen and oxygen atoms in total. The average molecular weight is 335 g/mol. The number of ether oxygens (including phenoxy) is 1. The SMILES string of the molecule is Cc1ccc(S(=O)(=O)N2CC/C=C\C[C@@]3(CCCO3)[C@@H]2C)cc1. The number of nitrogens with zero attached hydrogens (tertiary/aromatic N) is 1. The van der Waals surface area contributed by atoms with Gasteiger partial charge >= 0.3 is 0 Å². The summed E-state index contributed by atoms with van der Waals surface area (Å²) in [6.07, 6.45) is 7.67. The molecule has 0 amide bonds. The van der Waals surface area contributed by atoms with Crippen molar-refractivity contribution in [1.29, 1.82) is 0 Å².